The van der Waals surface area contributed by atoms with Gasteiger partial charge in [-0.15, -0.1) is 0 Å². The Labute approximate surface area is 121 Å². The molecule has 0 radical (unpaired) electrons. The van der Waals surface area contributed by atoms with Crippen molar-refractivity contribution in [1.82, 2.24) is 4.31 Å². The van der Waals surface area contributed by atoms with E-state index in [2.05, 4.69) is 0 Å². The van der Waals surface area contributed by atoms with Crippen LogP contribution in [-0.2, 0) is 14.8 Å². The molecule has 1 aliphatic heterocycles. The molecule has 2 rings (SSSR count). The van der Waals surface area contributed by atoms with Crippen molar-refractivity contribution in [2.24, 2.45) is 0 Å². The maximum Gasteiger partial charge on any atom is 0.322 e. The summed E-state index contributed by atoms with van der Waals surface area (Å²) >= 11 is 0. The minimum Gasteiger partial charge on any atom is -0.480 e. The van der Waals surface area contributed by atoms with Crippen LogP contribution in [0.15, 0.2) is 23.1 Å². The molecule has 1 fully saturated rings. The normalized spacial score (nSPS) is 21.0. The van der Waals surface area contributed by atoms with E-state index in [4.69, 9.17) is 0 Å². The molecule has 0 saturated carbocycles. The monoisotopic (exact) mass is 319 g/mol. The summed E-state index contributed by atoms with van der Waals surface area (Å²) in [4.78, 5) is 10.8. The SMILES string of the molecule is O=C(O)C1CCCCCN1S(=O)(=O)c1ccc(F)c(F)c1. The van der Waals surface area contributed by atoms with Gasteiger partial charge < -0.3 is 5.11 Å². The van der Waals surface area contributed by atoms with Crippen LogP contribution < -0.4 is 0 Å². The van der Waals surface area contributed by atoms with Gasteiger partial charge in [0.1, 0.15) is 6.04 Å². The zero-order chi connectivity index (χ0) is 15.6. The standard InChI is InChI=1S/C13H15F2NO4S/c14-10-6-5-9(8-11(10)15)21(19,20)16-7-3-1-2-4-12(16)13(17)18/h5-6,8,12H,1-4,7H2,(H,17,18). The van der Waals surface area contributed by atoms with Crippen LogP contribution in [0.5, 0.6) is 0 Å². The van der Waals surface area contributed by atoms with E-state index < -0.39 is 38.6 Å². The maximum absolute atomic E-state index is 13.2. The van der Waals surface area contributed by atoms with Gasteiger partial charge in [0.05, 0.1) is 4.90 Å². The van der Waals surface area contributed by atoms with Crippen molar-refractivity contribution in [1.29, 1.82) is 0 Å². The molecule has 1 aromatic carbocycles. The van der Waals surface area contributed by atoms with Gasteiger partial charge in [0.2, 0.25) is 10.0 Å². The molecule has 1 N–H and O–H groups in total. The highest BCUT2D eigenvalue weighted by Crippen LogP contribution is 2.25. The summed E-state index contributed by atoms with van der Waals surface area (Å²) < 4.78 is 52.0. The molecule has 1 atom stereocenters. The molecule has 1 heterocycles. The summed E-state index contributed by atoms with van der Waals surface area (Å²) in [5, 5.41) is 9.20. The van der Waals surface area contributed by atoms with Gasteiger partial charge in [-0.2, -0.15) is 4.31 Å². The van der Waals surface area contributed by atoms with E-state index in [0.29, 0.717) is 18.9 Å². The lowest BCUT2D eigenvalue weighted by Gasteiger charge is -2.26. The third-order valence-corrected chi connectivity index (χ3v) is 5.39. The molecule has 8 heteroatoms. The minimum absolute atomic E-state index is 0.0539. The Morgan fingerprint density at radius 1 is 1.19 bits per heavy atom. The van der Waals surface area contributed by atoms with Crippen molar-refractivity contribution in [3.8, 4) is 0 Å². The van der Waals surface area contributed by atoms with E-state index in [-0.39, 0.29) is 13.0 Å². The topological polar surface area (TPSA) is 74.7 Å². The molecular weight excluding hydrogens is 304 g/mol. The van der Waals surface area contributed by atoms with Gasteiger partial charge in [-0.05, 0) is 31.0 Å². The van der Waals surface area contributed by atoms with E-state index in [9.17, 15) is 27.1 Å². The maximum atomic E-state index is 13.2. The smallest absolute Gasteiger partial charge is 0.322 e. The Bertz CT molecular complexity index is 648. The molecule has 116 valence electrons. The summed E-state index contributed by atoms with van der Waals surface area (Å²) in [6.07, 6.45) is 2.08. The summed E-state index contributed by atoms with van der Waals surface area (Å²) in [5.41, 5.74) is 0. The molecule has 0 amide bonds. The first-order chi connectivity index (χ1) is 9.84. The number of nitrogens with zero attached hydrogens (tertiary/aromatic N) is 1. The number of aliphatic carboxylic acids is 1. The van der Waals surface area contributed by atoms with E-state index in [1.807, 2.05) is 0 Å². The van der Waals surface area contributed by atoms with Gasteiger partial charge in [-0.1, -0.05) is 12.8 Å². The lowest BCUT2D eigenvalue weighted by molar-refractivity contribution is -0.141. The van der Waals surface area contributed by atoms with Crippen LogP contribution in [0.25, 0.3) is 0 Å². The average Bonchev–Trinajstić information content (AvgIpc) is 2.67. The second kappa shape index (κ2) is 6.07. The van der Waals surface area contributed by atoms with Gasteiger partial charge in [-0.25, -0.2) is 17.2 Å². The van der Waals surface area contributed by atoms with Crippen molar-refractivity contribution >= 4 is 16.0 Å². The van der Waals surface area contributed by atoms with Crippen LogP contribution in [0, 0.1) is 11.6 Å². The highest BCUT2D eigenvalue weighted by Gasteiger charge is 2.36. The van der Waals surface area contributed by atoms with Crippen LogP contribution in [-0.4, -0.2) is 36.4 Å². The molecule has 1 unspecified atom stereocenters. The number of carboxylic acids is 1. The number of halogens is 2. The van der Waals surface area contributed by atoms with Gasteiger partial charge >= 0.3 is 5.97 Å². The first kappa shape index (κ1) is 15.8. The van der Waals surface area contributed by atoms with Crippen molar-refractivity contribution < 1.29 is 27.1 Å². The summed E-state index contributed by atoms with van der Waals surface area (Å²) in [6, 6.07) is 1.06. The Kier molecular flexibility index (Phi) is 4.58. The van der Waals surface area contributed by atoms with E-state index in [1.165, 1.54) is 0 Å². The average molecular weight is 319 g/mol. The lowest BCUT2D eigenvalue weighted by Crippen LogP contribution is -2.44. The fourth-order valence-corrected chi connectivity index (χ4v) is 4.05. The third kappa shape index (κ3) is 3.21. The summed E-state index contributed by atoms with van der Waals surface area (Å²) in [7, 11) is -4.17. The van der Waals surface area contributed by atoms with Crippen molar-refractivity contribution in [2.45, 2.75) is 36.6 Å². The largest absolute Gasteiger partial charge is 0.480 e. The Balaban J connectivity index is 2.43. The predicted octanol–water partition coefficient (Wildman–Crippen LogP) is 1.98. The summed E-state index contributed by atoms with van der Waals surface area (Å²) in [5.74, 6) is -3.67. The van der Waals surface area contributed by atoms with Crippen LogP contribution in [0.1, 0.15) is 25.7 Å². The molecule has 0 aliphatic carbocycles. The zero-order valence-corrected chi connectivity index (χ0v) is 11.9. The highest BCUT2D eigenvalue weighted by molar-refractivity contribution is 7.89. The Hall–Kier alpha value is -1.54. The van der Waals surface area contributed by atoms with Crippen LogP contribution in [0.4, 0.5) is 8.78 Å². The zero-order valence-electron chi connectivity index (χ0n) is 11.1. The molecule has 0 spiro atoms. The van der Waals surface area contributed by atoms with E-state index in [1.54, 1.807) is 0 Å². The third-order valence-electron chi connectivity index (χ3n) is 3.49. The quantitative estimate of drug-likeness (QED) is 0.924. The fourth-order valence-electron chi connectivity index (χ4n) is 2.39. The molecular formula is C13H15F2NO4S. The second-order valence-electron chi connectivity index (χ2n) is 4.90. The number of carbonyl (C=O) groups is 1. The van der Waals surface area contributed by atoms with Gasteiger partial charge in [0, 0.05) is 6.54 Å². The molecule has 1 saturated heterocycles. The first-order valence-electron chi connectivity index (χ1n) is 6.54. The van der Waals surface area contributed by atoms with E-state index in [0.717, 1.165) is 22.9 Å². The second-order valence-corrected chi connectivity index (χ2v) is 6.79. The molecule has 5 nitrogen and oxygen atoms in total. The van der Waals surface area contributed by atoms with Crippen LogP contribution in [0.3, 0.4) is 0 Å². The van der Waals surface area contributed by atoms with Crippen molar-refractivity contribution in [3.63, 3.8) is 0 Å². The predicted molar refractivity (Wildman–Crippen MR) is 70.1 cm³/mol. The number of benzene rings is 1. The van der Waals surface area contributed by atoms with Gasteiger partial charge in [0.25, 0.3) is 0 Å². The van der Waals surface area contributed by atoms with Gasteiger partial charge in [0.15, 0.2) is 11.6 Å². The fraction of sp³-hybridized carbons (Fsp3) is 0.462. The first-order valence-corrected chi connectivity index (χ1v) is 7.98. The summed E-state index contributed by atoms with van der Waals surface area (Å²) in [6.45, 7) is 0.0539. The van der Waals surface area contributed by atoms with E-state index >= 15 is 0 Å². The molecule has 0 aromatic heterocycles. The number of hydrogen-bond donors (Lipinski definition) is 1. The number of carboxylic acid groups (broad SMARTS) is 1. The van der Waals surface area contributed by atoms with Crippen LogP contribution >= 0.6 is 0 Å². The van der Waals surface area contributed by atoms with Crippen molar-refractivity contribution in [3.05, 3.63) is 29.8 Å². The number of hydrogen-bond acceptors (Lipinski definition) is 3. The number of sulfonamides is 1. The van der Waals surface area contributed by atoms with Crippen LogP contribution in [0.2, 0.25) is 0 Å². The number of rotatable bonds is 3. The Morgan fingerprint density at radius 2 is 1.90 bits per heavy atom. The lowest BCUT2D eigenvalue weighted by atomic mass is 10.1. The molecule has 0 bridgehead atoms. The molecule has 1 aliphatic rings. The van der Waals surface area contributed by atoms with Gasteiger partial charge in [-0.3, -0.25) is 4.79 Å². The molecule has 21 heavy (non-hydrogen) atoms. The molecule has 1 aromatic rings. The highest BCUT2D eigenvalue weighted by atomic mass is 32.2. The van der Waals surface area contributed by atoms with Crippen molar-refractivity contribution in [2.75, 3.05) is 6.54 Å². The Morgan fingerprint density at radius 3 is 2.52 bits per heavy atom. The minimum atomic E-state index is -4.17.